The quantitative estimate of drug-likeness (QED) is 0.728. The lowest BCUT2D eigenvalue weighted by Gasteiger charge is -2.35. The number of rotatable bonds is 7. The molecule has 0 bridgehead atoms. The smallest absolute Gasteiger partial charge is 0.236 e. The zero-order chi connectivity index (χ0) is 15.1. The normalized spacial score (nSPS) is 17.0. The molecule has 2 heterocycles. The Labute approximate surface area is 127 Å². The molecule has 0 aliphatic carbocycles. The maximum absolute atomic E-state index is 12.1. The van der Waals surface area contributed by atoms with Gasteiger partial charge in [0.2, 0.25) is 5.91 Å². The van der Waals surface area contributed by atoms with Crippen LogP contribution in [0.1, 0.15) is 13.8 Å². The number of imidazole rings is 1. The lowest BCUT2D eigenvalue weighted by Crippen LogP contribution is -2.50. The Balaban J connectivity index is 1.67. The van der Waals surface area contributed by atoms with Crippen LogP contribution in [0.3, 0.4) is 0 Å². The molecule has 0 saturated carbocycles. The van der Waals surface area contributed by atoms with Gasteiger partial charge in [-0.1, -0.05) is 0 Å². The summed E-state index contributed by atoms with van der Waals surface area (Å²) in [6.45, 7) is 12.3. The van der Waals surface area contributed by atoms with E-state index in [2.05, 4.69) is 19.4 Å². The van der Waals surface area contributed by atoms with Crippen molar-refractivity contribution in [3.63, 3.8) is 0 Å². The van der Waals surface area contributed by atoms with Crippen molar-refractivity contribution in [3.8, 4) is 0 Å². The maximum Gasteiger partial charge on any atom is 0.236 e. The van der Waals surface area contributed by atoms with E-state index in [0.717, 1.165) is 52.4 Å². The summed E-state index contributed by atoms with van der Waals surface area (Å²) in [6, 6.07) is 0. The molecule has 1 amide bonds. The number of aromatic nitrogens is 2. The number of piperazine rings is 1. The SMILES string of the molecule is CCN(CC)C(=O)CN1CCN(CCn2ccnc2)CC1. The molecule has 1 aliphatic rings. The van der Waals surface area contributed by atoms with Gasteiger partial charge in [0.1, 0.15) is 0 Å². The molecule has 1 aliphatic heterocycles. The lowest BCUT2D eigenvalue weighted by molar-refractivity contribution is -0.132. The predicted octanol–water partition coefficient (Wildman–Crippen LogP) is 0.369. The van der Waals surface area contributed by atoms with Crippen LogP contribution < -0.4 is 0 Å². The van der Waals surface area contributed by atoms with Crippen LogP contribution in [0, 0.1) is 0 Å². The minimum absolute atomic E-state index is 0.256. The predicted molar refractivity (Wildman–Crippen MR) is 83.0 cm³/mol. The average molecular weight is 293 g/mol. The summed E-state index contributed by atoms with van der Waals surface area (Å²) >= 11 is 0. The fraction of sp³-hybridized carbons (Fsp3) is 0.733. The molecule has 118 valence electrons. The molecule has 0 aromatic carbocycles. The van der Waals surface area contributed by atoms with E-state index in [9.17, 15) is 4.79 Å². The highest BCUT2D eigenvalue weighted by molar-refractivity contribution is 5.78. The van der Waals surface area contributed by atoms with Crippen LogP contribution in [0.4, 0.5) is 0 Å². The number of hydrogen-bond donors (Lipinski definition) is 0. The van der Waals surface area contributed by atoms with Crippen LogP contribution >= 0.6 is 0 Å². The molecule has 0 radical (unpaired) electrons. The molecule has 1 saturated heterocycles. The number of carbonyl (C=O) groups is 1. The van der Waals surface area contributed by atoms with Gasteiger partial charge in [0.15, 0.2) is 0 Å². The Kier molecular flexibility index (Phi) is 6.20. The van der Waals surface area contributed by atoms with Crippen molar-refractivity contribution in [1.29, 1.82) is 0 Å². The molecule has 2 rings (SSSR count). The minimum atomic E-state index is 0.256. The van der Waals surface area contributed by atoms with Crippen LogP contribution in [0.2, 0.25) is 0 Å². The van der Waals surface area contributed by atoms with Crippen LogP contribution in [-0.4, -0.2) is 82.5 Å². The summed E-state index contributed by atoms with van der Waals surface area (Å²) in [4.78, 5) is 22.8. The molecule has 0 unspecified atom stereocenters. The second kappa shape index (κ2) is 8.14. The first kappa shape index (κ1) is 16.0. The Morgan fingerprint density at radius 3 is 2.33 bits per heavy atom. The zero-order valence-corrected chi connectivity index (χ0v) is 13.2. The number of hydrogen-bond acceptors (Lipinski definition) is 4. The Morgan fingerprint density at radius 2 is 1.76 bits per heavy atom. The Hall–Kier alpha value is -1.40. The number of carbonyl (C=O) groups excluding carboxylic acids is 1. The number of likely N-dealkylation sites (N-methyl/N-ethyl adjacent to an activating group) is 1. The van der Waals surface area contributed by atoms with Crippen molar-refractivity contribution in [3.05, 3.63) is 18.7 Å². The van der Waals surface area contributed by atoms with Gasteiger partial charge in [0.25, 0.3) is 0 Å². The molecule has 6 nitrogen and oxygen atoms in total. The maximum atomic E-state index is 12.1. The summed E-state index contributed by atoms with van der Waals surface area (Å²) in [6.07, 6.45) is 5.68. The molecule has 1 fully saturated rings. The van der Waals surface area contributed by atoms with Crippen molar-refractivity contribution < 1.29 is 4.79 Å². The monoisotopic (exact) mass is 293 g/mol. The Bertz CT molecular complexity index is 408. The van der Waals surface area contributed by atoms with Gasteiger partial charge in [0, 0.05) is 64.8 Å². The van der Waals surface area contributed by atoms with Crippen LogP contribution in [-0.2, 0) is 11.3 Å². The summed E-state index contributed by atoms with van der Waals surface area (Å²) in [5.74, 6) is 0.256. The summed E-state index contributed by atoms with van der Waals surface area (Å²) < 4.78 is 2.11. The first-order chi connectivity index (χ1) is 10.2. The fourth-order valence-electron chi connectivity index (χ4n) is 2.71. The number of amides is 1. The second-order valence-corrected chi connectivity index (χ2v) is 5.48. The first-order valence-corrected chi connectivity index (χ1v) is 7.91. The second-order valence-electron chi connectivity index (χ2n) is 5.48. The van der Waals surface area contributed by atoms with Gasteiger partial charge in [-0.2, -0.15) is 0 Å². The van der Waals surface area contributed by atoms with Crippen molar-refractivity contribution >= 4 is 5.91 Å². The van der Waals surface area contributed by atoms with E-state index >= 15 is 0 Å². The van der Waals surface area contributed by atoms with Crippen molar-refractivity contribution in [1.82, 2.24) is 24.3 Å². The third-order valence-corrected chi connectivity index (χ3v) is 4.17. The summed E-state index contributed by atoms with van der Waals surface area (Å²) in [5.41, 5.74) is 0. The van der Waals surface area contributed by atoms with Crippen molar-refractivity contribution in [2.45, 2.75) is 20.4 Å². The first-order valence-electron chi connectivity index (χ1n) is 7.91. The highest BCUT2D eigenvalue weighted by Gasteiger charge is 2.20. The third-order valence-electron chi connectivity index (χ3n) is 4.17. The van der Waals surface area contributed by atoms with Gasteiger partial charge in [0.05, 0.1) is 12.9 Å². The van der Waals surface area contributed by atoms with Gasteiger partial charge in [-0.15, -0.1) is 0 Å². The molecule has 1 aromatic rings. The molecule has 0 N–H and O–H groups in total. The summed E-state index contributed by atoms with van der Waals surface area (Å²) in [7, 11) is 0. The van der Waals surface area contributed by atoms with Gasteiger partial charge in [-0.3, -0.25) is 14.6 Å². The van der Waals surface area contributed by atoms with E-state index in [4.69, 9.17) is 0 Å². The Morgan fingerprint density at radius 1 is 1.10 bits per heavy atom. The van der Waals surface area contributed by atoms with Gasteiger partial charge in [-0.25, -0.2) is 4.98 Å². The molecular weight excluding hydrogens is 266 g/mol. The lowest BCUT2D eigenvalue weighted by atomic mass is 10.3. The van der Waals surface area contributed by atoms with E-state index in [1.54, 1.807) is 0 Å². The topological polar surface area (TPSA) is 44.6 Å². The van der Waals surface area contributed by atoms with E-state index in [1.807, 2.05) is 37.5 Å². The summed E-state index contributed by atoms with van der Waals surface area (Å²) in [5, 5.41) is 0. The van der Waals surface area contributed by atoms with Gasteiger partial charge < -0.3 is 9.47 Å². The van der Waals surface area contributed by atoms with Crippen molar-refractivity contribution in [2.75, 3.05) is 52.4 Å². The fourth-order valence-corrected chi connectivity index (χ4v) is 2.71. The highest BCUT2D eigenvalue weighted by Crippen LogP contribution is 2.03. The van der Waals surface area contributed by atoms with E-state index in [1.165, 1.54) is 0 Å². The average Bonchev–Trinajstić information content (AvgIpc) is 3.01. The highest BCUT2D eigenvalue weighted by atomic mass is 16.2. The third kappa shape index (κ3) is 4.82. The van der Waals surface area contributed by atoms with E-state index < -0.39 is 0 Å². The van der Waals surface area contributed by atoms with Crippen LogP contribution in [0.15, 0.2) is 18.7 Å². The van der Waals surface area contributed by atoms with Crippen molar-refractivity contribution in [2.24, 2.45) is 0 Å². The zero-order valence-electron chi connectivity index (χ0n) is 13.2. The minimum Gasteiger partial charge on any atom is -0.342 e. The molecule has 6 heteroatoms. The molecule has 0 spiro atoms. The van der Waals surface area contributed by atoms with Gasteiger partial charge in [-0.05, 0) is 13.8 Å². The largest absolute Gasteiger partial charge is 0.342 e. The van der Waals surface area contributed by atoms with Crippen LogP contribution in [0.25, 0.3) is 0 Å². The molecular formula is C15H27N5O. The molecule has 0 atom stereocenters. The standard InChI is InChI=1S/C15H27N5O/c1-3-20(4-2)15(21)13-18-10-7-17(8-11-18)9-12-19-6-5-16-14-19/h5-6,14H,3-4,7-13H2,1-2H3. The van der Waals surface area contributed by atoms with E-state index in [0.29, 0.717) is 6.54 Å². The van der Waals surface area contributed by atoms with Crippen LogP contribution in [0.5, 0.6) is 0 Å². The molecule has 21 heavy (non-hydrogen) atoms. The number of nitrogens with zero attached hydrogens (tertiary/aromatic N) is 5. The molecule has 1 aromatic heterocycles. The van der Waals surface area contributed by atoms with Gasteiger partial charge >= 0.3 is 0 Å². The van der Waals surface area contributed by atoms with E-state index in [-0.39, 0.29) is 5.91 Å².